The van der Waals surface area contributed by atoms with Crippen LogP contribution in [-0.2, 0) is 12.3 Å². The van der Waals surface area contributed by atoms with Gasteiger partial charge >= 0.3 is 0 Å². The molecule has 1 heterocycles. The van der Waals surface area contributed by atoms with Crippen molar-refractivity contribution >= 4 is 11.6 Å². The van der Waals surface area contributed by atoms with Gasteiger partial charge in [-0.25, -0.2) is 4.98 Å². The van der Waals surface area contributed by atoms with Crippen LogP contribution < -0.4 is 4.74 Å². The first kappa shape index (κ1) is 10.3. The summed E-state index contributed by atoms with van der Waals surface area (Å²) in [7, 11) is 1.62. The van der Waals surface area contributed by atoms with E-state index in [1.807, 2.05) is 12.1 Å². The van der Waals surface area contributed by atoms with Crippen molar-refractivity contribution in [1.29, 1.82) is 0 Å². The number of hydrogen-bond acceptors (Lipinski definition) is 2. The van der Waals surface area contributed by atoms with Crippen LogP contribution in [0.5, 0.6) is 5.88 Å². The predicted molar refractivity (Wildman–Crippen MR) is 54.3 cm³/mol. The number of halogens is 1. The molecule has 0 unspecified atom stereocenters. The maximum absolute atomic E-state index is 5.74. The van der Waals surface area contributed by atoms with Gasteiger partial charge in [0, 0.05) is 17.6 Å². The van der Waals surface area contributed by atoms with E-state index in [2.05, 4.69) is 11.9 Å². The highest BCUT2D eigenvalue weighted by Crippen LogP contribution is 2.15. The molecule has 0 bridgehead atoms. The Hall–Kier alpha value is -0.760. The zero-order valence-electron chi connectivity index (χ0n) is 8.01. The van der Waals surface area contributed by atoms with Crippen LogP contribution in [0.2, 0.25) is 0 Å². The lowest BCUT2D eigenvalue weighted by molar-refractivity contribution is 0.395. The van der Waals surface area contributed by atoms with Gasteiger partial charge in [-0.2, -0.15) is 0 Å². The second-order valence-electron chi connectivity index (χ2n) is 2.89. The zero-order chi connectivity index (χ0) is 9.68. The van der Waals surface area contributed by atoms with Gasteiger partial charge in [-0.05, 0) is 18.1 Å². The largest absolute Gasteiger partial charge is 0.481 e. The molecule has 1 rings (SSSR count). The highest BCUT2D eigenvalue weighted by atomic mass is 35.5. The first-order valence-corrected chi connectivity index (χ1v) is 4.93. The number of aryl methyl sites for hydroxylation is 1. The van der Waals surface area contributed by atoms with Gasteiger partial charge in [0.1, 0.15) is 0 Å². The van der Waals surface area contributed by atoms with Crippen molar-refractivity contribution in [2.75, 3.05) is 7.11 Å². The highest BCUT2D eigenvalue weighted by molar-refractivity contribution is 6.17. The van der Waals surface area contributed by atoms with Gasteiger partial charge in [0.05, 0.1) is 7.11 Å². The first-order valence-electron chi connectivity index (χ1n) is 4.40. The Kier molecular flexibility index (Phi) is 4.03. The summed E-state index contributed by atoms with van der Waals surface area (Å²) in [6.45, 7) is 2.13. The number of alkyl halides is 1. The van der Waals surface area contributed by atoms with E-state index in [9.17, 15) is 0 Å². The number of methoxy groups -OCH3 is 1. The summed E-state index contributed by atoms with van der Waals surface area (Å²) >= 11 is 5.74. The van der Waals surface area contributed by atoms with Crippen LogP contribution in [0.25, 0.3) is 0 Å². The van der Waals surface area contributed by atoms with E-state index >= 15 is 0 Å². The van der Waals surface area contributed by atoms with Crippen LogP contribution >= 0.6 is 11.6 Å². The average Bonchev–Trinajstić information content (AvgIpc) is 2.17. The molecule has 1 aromatic rings. The maximum atomic E-state index is 5.74. The number of ether oxygens (including phenoxy) is 1. The number of pyridine rings is 1. The molecule has 0 radical (unpaired) electrons. The third-order valence-electron chi connectivity index (χ3n) is 1.78. The van der Waals surface area contributed by atoms with Gasteiger partial charge < -0.3 is 4.74 Å². The SMILES string of the molecule is CCCc1cc(CCl)cc(OC)n1. The molecule has 0 saturated carbocycles. The minimum Gasteiger partial charge on any atom is -0.481 e. The molecule has 2 nitrogen and oxygen atoms in total. The quantitative estimate of drug-likeness (QED) is 0.696. The Labute approximate surface area is 83.9 Å². The number of aromatic nitrogens is 1. The summed E-state index contributed by atoms with van der Waals surface area (Å²) < 4.78 is 5.07. The maximum Gasteiger partial charge on any atom is 0.213 e. The molecule has 1 aromatic heterocycles. The molecular formula is C10H14ClNO. The van der Waals surface area contributed by atoms with Crippen molar-refractivity contribution in [2.45, 2.75) is 25.6 Å². The molecule has 0 aromatic carbocycles. The zero-order valence-corrected chi connectivity index (χ0v) is 8.77. The van der Waals surface area contributed by atoms with Gasteiger partial charge in [0.2, 0.25) is 5.88 Å². The van der Waals surface area contributed by atoms with E-state index in [4.69, 9.17) is 16.3 Å². The van der Waals surface area contributed by atoms with E-state index in [0.717, 1.165) is 24.1 Å². The molecule has 0 aliphatic carbocycles. The van der Waals surface area contributed by atoms with Crippen molar-refractivity contribution in [3.63, 3.8) is 0 Å². The fourth-order valence-corrected chi connectivity index (χ4v) is 1.34. The molecule has 0 N–H and O–H groups in total. The lowest BCUT2D eigenvalue weighted by Crippen LogP contribution is -1.95. The fraction of sp³-hybridized carbons (Fsp3) is 0.500. The normalized spacial score (nSPS) is 10.1. The first-order chi connectivity index (χ1) is 6.30. The molecule has 72 valence electrons. The number of nitrogens with zero attached hydrogens (tertiary/aromatic N) is 1. The second kappa shape index (κ2) is 5.07. The molecule has 13 heavy (non-hydrogen) atoms. The van der Waals surface area contributed by atoms with Crippen molar-refractivity contribution < 1.29 is 4.74 Å². The van der Waals surface area contributed by atoms with Crippen LogP contribution in [-0.4, -0.2) is 12.1 Å². The van der Waals surface area contributed by atoms with Crippen LogP contribution in [0, 0.1) is 0 Å². The summed E-state index contributed by atoms with van der Waals surface area (Å²) in [5, 5.41) is 0. The molecular weight excluding hydrogens is 186 g/mol. The van der Waals surface area contributed by atoms with E-state index in [1.165, 1.54) is 0 Å². The number of rotatable bonds is 4. The van der Waals surface area contributed by atoms with Gasteiger partial charge in [-0.1, -0.05) is 13.3 Å². The van der Waals surface area contributed by atoms with Gasteiger partial charge in [-0.15, -0.1) is 11.6 Å². The average molecular weight is 200 g/mol. The Balaban J connectivity index is 2.93. The van der Waals surface area contributed by atoms with Crippen molar-refractivity contribution in [3.8, 4) is 5.88 Å². The van der Waals surface area contributed by atoms with Crippen molar-refractivity contribution in [1.82, 2.24) is 4.98 Å². The Morgan fingerprint density at radius 1 is 1.46 bits per heavy atom. The Bertz CT molecular complexity index is 253. The second-order valence-corrected chi connectivity index (χ2v) is 3.16. The van der Waals surface area contributed by atoms with Crippen molar-refractivity contribution in [2.24, 2.45) is 0 Å². The lowest BCUT2D eigenvalue weighted by atomic mass is 10.2. The molecule has 0 amide bonds. The molecule has 0 atom stereocenters. The number of hydrogen-bond donors (Lipinski definition) is 0. The molecule has 0 aliphatic rings. The van der Waals surface area contributed by atoms with Gasteiger partial charge in [-0.3, -0.25) is 0 Å². The third-order valence-corrected chi connectivity index (χ3v) is 2.09. The molecule has 0 spiro atoms. The van der Waals surface area contributed by atoms with Gasteiger partial charge in [0.25, 0.3) is 0 Å². The fourth-order valence-electron chi connectivity index (χ4n) is 1.19. The lowest BCUT2D eigenvalue weighted by Gasteiger charge is -2.05. The minimum atomic E-state index is 0.510. The summed E-state index contributed by atoms with van der Waals surface area (Å²) in [5.74, 6) is 1.16. The van der Waals surface area contributed by atoms with Crippen LogP contribution in [0.3, 0.4) is 0 Å². The predicted octanol–water partition coefficient (Wildman–Crippen LogP) is 2.78. The summed E-state index contributed by atoms with van der Waals surface area (Å²) in [6, 6.07) is 3.89. The van der Waals surface area contributed by atoms with E-state index in [1.54, 1.807) is 7.11 Å². The monoisotopic (exact) mass is 199 g/mol. The summed E-state index contributed by atoms with van der Waals surface area (Å²) in [4.78, 5) is 4.31. The smallest absolute Gasteiger partial charge is 0.213 e. The van der Waals surface area contributed by atoms with Gasteiger partial charge in [0.15, 0.2) is 0 Å². The van der Waals surface area contributed by atoms with E-state index in [0.29, 0.717) is 11.8 Å². The standard InChI is InChI=1S/C10H14ClNO/c1-3-4-9-5-8(7-11)6-10(12-9)13-2/h5-6H,3-4,7H2,1-2H3. The molecule has 0 fully saturated rings. The highest BCUT2D eigenvalue weighted by Gasteiger charge is 2.01. The summed E-state index contributed by atoms with van der Waals surface area (Å²) in [6.07, 6.45) is 2.06. The van der Waals surface area contributed by atoms with Crippen LogP contribution in [0.15, 0.2) is 12.1 Å². The Morgan fingerprint density at radius 2 is 2.23 bits per heavy atom. The van der Waals surface area contributed by atoms with Crippen molar-refractivity contribution in [3.05, 3.63) is 23.4 Å². The topological polar surface area (TPSA) is 22.1 Å². The van der Waals surface area contributed by atoms with Crippen LogP contribution in [0.1, 0.15) is 24.6 Å². The van der Waals surface area contributed by atoms with E-state index < -0.39 is 0 Å². The minimum absolute atomic E-state index is 0.510. The molecule has 0 saturated heterocycles. The Morgan fingerprint density at radius 3 is 2.77 bits per heavy atom. The third kappa shape index (κ3) is 2.88. The van der Waals surface area contributed by atoms with Crippen LogP contribution in [0.4, 0.5) is 0 Å². The summed E-state index contributed by atoms with van der Waals surface area (Å²) in [5.41, 5.74) is 2.12. The van der Waals surface area contributed by atoms with E-state index in [-0.39, 0.29) is 0 Å². The molecule has 0 aliphatic heterocycles. The molecule has 3 heteroatoms.